The van der Waals surface area contributed by atoms with E-state index in [9.17, 15) is 4.79 Å². The fourth-order valence-corrected chi connectivity index (χ4v) is 2.59. The summed E-state index contributed by atoms with van der Waals surface area (Å²) >= 11 is 5.89. The number of hydrogen-bond donors (Lipinski definition) is 0. The van der Waals surface area contributed by atoms with Gasteiger partial charge in [-0.3, -0.25) is 4.79 Å². The molecule has 0 radical (unpaired) electrons. The number of hydrogen-bond acceptors (Lipinski definition) is 1. The van der Waals surface area contributed by atoms with E-state index in [1.165, 1.54) is 32.1 Å². The van der Waals surface area contributed by atoms with E-state index >= 15 is 0 Å². The van der Waals surface area contributed by atoms with Crippen LogP contribution in [0, 0.1) is 5.92 Å². The highest BCUT2D eigenvalue weighted by atomic mass is 35.5. The predicted molar refractivity (Wildman–Crippen MR) is 73.4 cm³/mol. The number of rotatable bonds is 6. The summed E-state index contributed by atoms with van der Waals surface area (Å²) < 4.78 is 0. The molecule has 0 N–H and O–H groups in total. The van der Waals surface area contributed by atoms with Gasteiger partial charge < -0.3 is 4.90 Å². The molecule has 0 aromatic carbocycles. The van der Waals surface area contributed by atoms with Gasteiger partial charge in [0.2, 0.25) is 5.91 Å². The second-order valence-corrected chi connectivity index (χ2v) is 6.17. The van der Waals surface area contributed by atoms with E-state index < -0.39 is 0 Å². The molecule has 1 rings (SSSR count). The second-order valence-electron chi connectivity index (χ2n) is 5.43. The molecule has 2 nitrogen and oxygen atoms in total. The third kappa shape index (κ3) is 6.30. The van der Waals surface area contributed by atoms with Crippen LogP contribution in [0.15, 0.2) is 0 Å². The molecule has 1 saturated carbocycles. The lowest BCUT2D eigenvalue weighted by Crippen LogP contribution is -2.29. The first kappa shape index (κ1) is 14.8. The summed E-state index contributed by atoms with van der Waals surface area (Å²) in [5.41, 5.74) is 0. The molecule has 0 aromatic heterocycles. The first-order valence-corrected chi connectivity index (χ1v) is 7.41. The lowest BCUT2D eigenvalue weighted by Gasteiger charge is -2.23. The minimum Gasteiger partial charge on any atom is -0.346 e. The summed E-state index contributed by atoms with van der Waals surface area (Å²) in [6, 6.07) is 0. The van der Waals surface area contributed by atoms with Gasteiger partial charge >= 0.3 is 0 Å². The van der Waals surface area contributed by atoms with Crippen molar-refractivity contribution in [1.82, 2.24) is 4.90 Å². The molecule has 100 valence electrons. The smallest absolute Gasteiger partial charge is 0.222 e. The number of amides is 1. The molecule has 0 aliphatic heterocycles. The molecule has 1 fully saturated rings. The van der Waals surface area contributed by atoms with Gasteiger partial charge in [0.1, 0.15) is 0 Å². The van der Waals surface area contributed by atoms with Crippen molar-refractivity contribution in [3.05, 3.63) is 0 Å². The quantitative estimate of drug-likeness (QED) is 0.664. The largest absolute Gasteiger partial charge is 0.346 e. The van der Waals surface area contributed by atoms with E-state index in [1.807, 2.05) is 18.9 Å². The van der Waals surface area contributed by atoms with E-state index in [4.69, 9.17) is 11.6 Å². The van der Waals surface area contributed by atoms with Crippen LogP contribution in [0.3, 0.4) is 0 Å². The molecule has 1 aliphatic rings. The van der Waals surface area contributed by atoms with Crippen LogP contribution in [-0.2, 0) is 4.79 Å². The molecular weight excluding hydrogens is 234 g/mol. The molecule has 1 aliphatic carbocycles. The molecule has 0 saturated heterocycles. The monoisotopic (exact) mass is 259 g/mol. The first-order valence-electron chi connectivity index (χ1n) is 6.97. The van der Waals surface area contributed by atoms with Gasteiger partial charge in [-0.25, -0.2) is 0 Å². The van der Waals surface area contributed by atoms with Gasteiger partial charge in [0, 0.05) is 25.4 Å². The standard InChI is InChI=1S/C14H26ClNO/c1-12(15)10-11-16(2)14(17)9-8-13-6-4-3-5-7-13/h12-13H,3-11H2,1-2H3. The van der Waals surface area contributed by atoms with Gasteiger partial charge in [0.25, 0.3) is 0 Å². The van der Waals surface area contributed by atoms with Gasteiger partial charge in [-0.1, -0.05) is 32.1 Å². The molecule has 0 heterocycles. The van der Waals surface area contributed by atoms with Crippen LogP contribution < -0.4 is 0 Å². The van der Waals surface area contributed by atoms with E-state index in [2.05, 4.69) is 0 Å². The summed E-state index contributed by atoms with van der Waals surface area (Å²) in [6.07, 6.45) is 9.45. The number of carbonyl (C=O) groups excluding carboxylic acids is 1. The summed E-state index contributed by atoms with van der Waals surface area (Å²) in [6.45, 7) is 2.76. The van der Waals surface area contributed by atoms with Crippen LogP contribution in [-0.4, -0.2) is 29.8 Å². The number of nitrogens with zero attached hydrogens (tertiary/aromatic N) is 1. The zero-order chi connectivity index (χ0) is 12.7. The Bertz CT molecular complexity index is 224. The van der Waals surface area contributed by atoms with Crippen molar-refractivity contribution in [1.29, 1.82) is 0 Å². The SMILES string of the molecule is CC(Cl)CCN(C)C(=O)CCC1CCCCC1. The average molecular weight is 260 g/mol. The number of carbonyl (C=O) groups is 1. The number of halogens is 1. The lowest BCUT2D eigenvalue weighted by molar-refractivity contribution is -0.130. The molecule has 0 aromatic rings. The highest BCUT2D eigenvalue weighted by molar-refractivity contribution is 6.20. The second kappa shape index (κ2) is 7.97. The Kier molecular flexibility index (Phi) is 6.94. The third-order valence-corrected chi connectivity index (χ3v) is 4.00. The summed E-state index contributed by atoms with van der Waals surface area (Å²) in [5, 5.41) is 0.156. The fraction of sp³-hybridized carbons (Fsp3) is 0.929. The summed E-state index contributed by atoms with van der Waals surface area (Å²) in [5.74, 6) is 1.08. The van der Waals surface area contributed by atoms with Gasteiger partial charge in [-0.05, 0) is 25.7 Å². The van der Waals surface area contributed by atoms with Crippen molar-refractivity contribution in [2.45, 2.75) is 63.7 Å². The highest BCUT2D eigenvalue weighted by Crippen LogP contribution is 2.27. The maximum Gasteiger partial charge on any atom is 0.222 e. The van der Waals surface area contributed by atoms with Crippen LogP contribution in [0.2, 0.25) is 0 Å². The molecular formula is C14H26ClNO. The minimum absolute atomic E-state index is 0.156. The van der Waals surface area contributed by atoms with Gasteiger partial charge in [-0.15, -0.1) is 11.6 Å². The van der Waals surface area contributed by atoms with Crippen LogP contribution in [0.4, 0.5) is 0 Å². The molecule has 17 heavy (non-hydrogen) atoms. The third-order valence-electron chi connectivity index (χ3n) is 3.78. The lowest BCUT2D eigenvalue weighted by atomic mass is 9.86. The Labute approximate surface area is 111 Å². The number of alkyl halides is 1. The van der Waals surface area contributed by atoms with E-state index in [1.54, 1.807) is 0 Å². The van der Waals surface area contributed by atoms with Crippen molar-refractivity contribution < 1.29 is 4.79 Å². The Balaban J connectivity index is 2.14. The van der Waals surface area contributed by atoms with Crippen molar-refractivity contribution >= 4 is 17.5 Å². The molecule has 0 spiro atoms. The Morgan fingerprint density at radius 2 is 2.00 bits per heavy atom. The van der Waals surface area contributed by atoms with Gasteiger partial charge in [0.05, 0.1) is 0 Å². The molecule has 0 bridgehead atoms. The molecule has 1 amide bonds. The molecule has 3 heteroatoms. The Morgan fingerprint density at radius 1 is 1.35 bits per heavy atom. The Morgan fingerprint density at radius 3 is 2.59 bits per heavy atom. The van der Waals surface area contributed by atoms with Gasteiger partial charge in [0.15, 0.2) is 0 Å². The fourth-order valence-electron chi connectivity index (χ4n) is 2.49. The van der Waals surface area contributed by atoms with Crippen molar-refractivity contribution in [2.75, 3.05) is 13.6 Å². The van der Waals surface area contributed by atoms with E-state index in [0.717, 1.165) is 31.7 Å². The molecule has 1 atom stereocenters. The van der Waals surface area contributed by atoms with Gasteiger partial charge in [-0.2, -0.15) is 0 Å². The van der Waals surface area contributed by atoms with Crippen LogP contribution in [0.25, 0.3) is 0 Å². The average Bonchev–Trinajstić information content (AvgIpc) is 2.34. The summed E-state index contributed by atoms with van der Waals surface area (Å²) in [4.78, 5) is 13.7. The predicted octanol–water partition coefficient (Wildman–Crippen LogP) is 3.82. The summed E-state index contributed by atoms with van der Waals surface area (Å²) in [7, 11) is 1.89. The van der Waals surface area contributed by atoms with E-state index in [-0.39, 0.29) is 11.3 Å². The zero-order valence-electron chi connectivity index (χ0n) is 11.3. The van der Waals surface area contributed by atoms with Crippen LogP contribution in [0.1, 0.15) is 58.3 Å². The normalized spacial score (nSPS) is 19.0. The molecule has 1 unspecified atom stereocenters. The van der Waals surface area contributed by atoms with Crippen LogP contribution >= 0.6 is 11.6 Å². The van der Waals surface area contributed by atoms with Crippen molar-refractivity contribution in [2.24, 2.45) is 5.92 Å². The Hall–Kier alpha value is -0.240. The van der Waals surface area contributed by atoms with Crippen LogP contribution in [0.5, 0.6) is 0 Å². The zero-order valence-corrected chi connectivity index (χ0v) is 12.0. The first-order chi connectivity index (χ1) is 8.09. The maximum atomic E-state index is 11.9. The topological polar surface area (TPSA) is 20.3 Å². The van der Waals surface area contributed by atoms with E-state index in [0.29, 0.717) is 0 Å². The highest BCUT2D eigenvalue weighted by Gasteiger charge is 2.16. The van der Waals surface area contributed by atoms with Crippen molar-refractivity contribution in [3.63, 3.8) is 0 Å². The minimum atomic E-state index is 0.156. The maximum absolute atomic E-state index is 11.9. The van der Waals surface area contributed by atoms with Crippen molar-refractivity contribution in [3.8, 4) is 0 Å².